The Hall–Kier alpha value is -2.36. The summed E-state index contributed by atoms with van der Waals surface area (Å²) in [4.78, 5) is 20.0. The maximum Gasteiger partial charge on any atom is 2.00 e. The molecule has 0 saturated heterocycles. The van der Waals surface area contributed by atoms with E-state index in [0.29, 0.717) is 30.3 Å². The van der Waals surface area contributed by atoms with Crippen molar-refractivity contribution in [2.75, 3.05) is 45.4 Å². The van der Waals surface area contributed by atoms with Gasteiger partial charge in [-0.1, -0.05) is 58.9 Å². The van der Waals surface area contributed by atoms with Gasteiger partial charge in [-0.15, -0.1) is 11.6 Å². The van der Waals surface area contributed by atoms with Crippen LogP contribution in [-0.4, -0.2) is 59.3 Å². The molecule has 0 aliphatic rings. The maximum atomic E-state index is 13.5. The van der Waals surface area contributed by atoms with Crippen molar-refractivity contribution in [3.8, 4) is 17.2 Å². The molecule has 7 nitrogen and oxygen atoms in total. The Kier molecular flexibility index (Phi) is 37.8. The van der Waals surface area contributed by atoms with E-state index in [1.54, 1.807) is 25.1 Å². The molecule has 2 aromatic rings. The first kappa shape index (κ1) is 47.6. The van der Waals surface area contributed by atoms with Crippen LogP contribution in [0.3, 0.4) is 0 Å². The quantitative estimate of drug-likeness (QED) is 0.0994. The minimum Gasteiger partial charge on any atom is -0.400 e. The van der Waals surface area contributed by atoms with Crippen LogP contribution in [0.15, 0.2) is 36.4 Å². The van der Waals surface area contributed by atoms with Crippen LogP contribution < -0.4 is 10.2 Å². The Balaban J connectivity index is -0.000000263. The van der Waals surface area contributed by atoms with Gasteiger partial charge in [0, 0.05) is 33.9 Å². The Morgan fingerprint density at radius 1 is 1.12 bits per heavy atom. The average Bonchev–Trinajstić information content (AvgIpc) is 3.00. The number of aryl methyl sites for hydroxylation is 1. The summed E-state index contributed by atoms with van der Waals surface area (Å²) in [7, 11) is 3.93. The number of halogens is 1. The third kappa shape index (κ3) is 25.8. The maximum absolute atomic E-state index is 13.5. The third-order valence-electron chi connectivity index (χ3n) is 5.59. The first-order chi connectivity index (χ1) is 20.2. The molecule has 0 radical (unpaired) electrons. The van der Waals surface area contributed by atoms with Crippen molar-refractivity contribution in [1.29, 1.82) is 5.26 Å². The zero-order chi connectivity index (χ0) is 32.8. The number of amides is 1. The average molecular weight is 826 g/mol. The third-order valence-corrected chi connectivity index (χ3v) is 5.59. The van der Waals surface area contributed by atoms with Gasteiger partial charge in [0.15, 0.2) is 0 Å². The van der Waals surface area contributed by atoms with Crippen molar-refractivity contribution in [2.45, 2.75) is 73.8 Å². The Morgan fingerprint density at radius 2 is 1.72 bits per heavy atom. The van der Waals surface area contributed by atoms with Gasteiger partial charge < -0.3 is 31.4 Å². The van der Waals surface area contributed by atoms with Gasteiger partial charge in [0.2, 0.25) is 6.41 Å². The number of carbonyl (C=O) groups is 2. The number of hydrogen-bond donors (Lipinski definition) is 1. The van der Waals surface area contributed by atoms with E-state index in [9.17, 15) is 9.18 Å². The SMILES string of the molecule is CC.CCCOCCC(OCC)C(C)CC.Cc1ccc(-c2cc[c-]c(N(C)C)c2)cc1F.N#CCNC=O.[CH2-]C=O.[U+2]. The smallest absolute Gasteiger partial charge is 0.400 e. The summed E-state index contributed by atoms with van der Waals surface area (Å²) in [6.07, 6.45) is 4.68. The number of hydrogen-bond acceptors (Lipinski definition) is 6. The second-order valence-corrected chi connectivity index (χ2v) is 8.92. The molecule has 0 saturated carbocycles. The number of carbonyl (C=O) groups excluding carboxylic acids is 2. The minimum atomic E-state index is -0.165. The van der Waals surface area contributed by atoms with Crippen LogP contribution in [0, 0.1) is 74.1 Å². The van der Waals surface area contributed by atoms with E-state index in [0.717, 1.165) is 49.5 Å². The van der Waals surface area contributed by atoms with E-state index < -0.39 is 0 Å². The molecule has 0 aromatic heterocycles. The standard InChI is InChI=1S/C15H15FN.C12H26O2.C3H4N2O.C2H3O.C2H6.U/c1-11-7-8-13(10-15(11)16)12-5-4-6-14(9-12)17(2)3;1-5-9-13-10-8-12(14-7-3)11(4)6-2;4-1-2-5-3-6;1-2-3;1-2;/h4-5,7-10H,1-3H3;11-12H,5-10H2,1-4H3;3H,2H2,(H,5,6);2H,1H2;1-2H3;/q-1;;;-1;;+2. The molecule has 2 rings (SSSR count). The number of nitrogens with one attached hydrogen (secondary N) is 1. The van der Waals surface area contributed by atoms with Gasteiger partial charge in [0.05, 0.1) is 12.2 Å². The van der Waals surface area contributed by atoms with E-state index in [2.05, 4.69) is 46.0 Å². The second kappa shape index (κ2) is 34.1. The van der Waals surface area contributed by atoms with Gasteiger partial charge >= 0.3 is 31.1 Å². The molecule has 240 valence electrons. The number of benzene rings is 2. The van der Waals surface area contributed by atoms with E-state index >= 15 is 0 Å². The zero-order valence-corrected chi connectivity index (χ0v) is 32.0. The van der Waals surface area contributed by atoms with Crippen molar-refractivity contribution in [3.63, 3.8) is 0 Å². The Morgan fingerprint density at radius 3 is 2.16 bits per heavy atom. The van der Waals surface area contributed by atoms with Crippen LogP contribution in [0.25, 0.3) is 11.1 Å². The summed E-state index contributed by atoms with van der Waals surface area (Å²) in [6.45, 7) is 19.8. The molecule has 43 heavy (non-hydrogen) atoms. The van der Waals surface area contributed by atoms with Gasteiger partial charge in [0.25, 0.3) is 0 Å². The van der Waals surface area contributed by atoms with Crippen LogP contribution in [0.1, 0.15) is 66.4 Å². The van der Waals surface area contributed by atoms with Crippen molar-refractivity contribution in [3.05, 3.63) is 60.8 Å². The number of rotatable bonds is 13. The normalized spacial score (nSPS) is 10.3. The fourth-order valence-electron chi connectivity index (χ4n) is 3.21. The summed E-state index contributed by atoms with van der Waals surface area (Å²) in [5, 5.41) is 9.88. The molecule has 0 aliphatic heterocycles. The zero-order valence-electron chi connectivity index (χ0n) is 27.8. The van der Waals surface area contributed by atoms with Gasteiger partial charge in [0.1, 0.15) is 12.4 Å². The summed E-state index contributed by atoms with van der Waals surface area (Å²) in [6, 6.07) is 16.0. The molecular weight excluding hydrogens is 771 g/mol. The fraction of sp³-hybridized carbons (Fsp3) is 0.529. The Labute approximate surface area is 285 Å². The second-order valence-electron chi connectivity index (χ2n) is 8.92. The first-order valence-electron chi connectivity index (χ1n) is 14.6. The topological polar surface area (TPSA) is 91.7 Å². The first-order valence-corrected chi connectivity index (χ1v) is 14.6. The van der Waals surface area contributed by atoms with Crippen molar-refractivity contribution >= 4 is 18.4 Å². The number of aldehydes is 1. The molecule has 0 heterocycles. The molecule has 0 bridgehead atoms. The number of ether oxygens (including phenoxy) is 2. The molecular formula is C34H54FN3O4U. The van der Waals surface area contributed by atoms with E-state index in [-0.39, 0.29) is 43.5 Å². The Bertz CT molecular complexity index is 971. The summed E-state index contributed by atoms with van der Waals surface area (Å²) in [5.41, 5.74) is 3.56. The molecule has 2 atom stereocenters. The molecule has 1 N–H and O–H groups in total. The van der Waals surface area contributed by atoms with Crippen molar-refractivity contribution in [2.24, 2.45) is 5.92 Å². The number of nitrogens with zero attached hydrogens (tertiary/aromatic N) is 2. The molecule has 1 amide bonds. The van der Waals surface area contributed by atoms with E-state index in [1.807, 2.05) is 57.1 Å². The largest absolute Gasteiger partial charge is 2.00 e. The summed E-state index contributed by atoms with van der Waals surface area (Å²) in [5.74, 6) is 0.474. The van der Waals surface area contributed by atoms with E-state index in [1.165, 1.54) is 6.42 Å². The molecule has 0 spiro atoms. The van der Waals surface area contributed by atoms with Gasteiger partial charge in [-0.05, 0) is 56.1 Å². The van der Waals surface area contributed by atoms with Crippen LogP contribution in [-0.2, 0) is 19.1 Å². The minimum absolute atomic E-state index is 0. The molecule has 2 unspecified atom stereocenters. The van der Waals surface area contributed by atoms with E-state index in [4.69, 9.17) is 19.5 Å². The molecule has 0 fully saturated rings. The van der Waals surface area contributed by atoms with Crippen molar-refractivity contribution < 1.29 is 54.6 Å². The number of anilines is 1. The summed E-state index contributed by atoms with van der Waals surface area (Å²) < 4.78 is 24.7. The van der Waals surface area contributed by atoms with Crippen LogP contribution >= 0.6 is 0 Å². The van der Waals surface area contributed by atoms with Crippen LogP contribution in [0.2, 0.25) is 0 Å². The molecule has 2 aromatic carbocycles. The van der Waals surface area contributed by atoms with Gasteiger partial charge in [-0.25, -0.2) is 4.39 Å². The predicted octanol–water partition coefficient (Wildman–Crippen LogP) is 7.22. The molecule has 9 heteroatoms. The van der Waals surface area contributed by atoms with Gasteiger partial charge in [-0.2, -0.15) is 23.5 Å². The molecule has 0 aliphatic carbocycles. The van der Waals surface area contributed by atoms with Gasteiger partial charge in [-0.3, -0.25) is 4.79 Å². The number of nitriles is 1. The summed E-state index contributed by atoms with van der Waals surface area (Å²) >= 11 is 0. The monoisotopic (exact) mass is 825 g/mol. The van der Waals surface area contributed by atoms with Crippen molar-refractivity contribution in [1.82, 2.24) is 5.32 Å². The fourth-order valence-corrected chi connectivity index (χ4v) is 3.21. The van der Waals surface area contributed by atoms with Crippen LogP contribution in [0.5, 0.6) is 0 Å². The van der Waals surface area contributed by atoms with Crippen LogP contribution in [0.4, 0.5) is 10.1 Å². The predicted molar refractivity (Wildman–Crippen MR) is 173 cm³/mol.